The van der Waals surface area contributed by atoms with E-state index in [0.717, 1.165) is 12.1 Å². The van der Waals surface area contributed by atoms with Crippen LogP contribution in [0.3, 0.4) is 0 Å². The van der Waals surface area contributed by atoms with Gasteiger partial charge in [0.1, 0.15) is 5.69 Å². The molecule has 3 heterocycles. The number of aliphatic hydroxyl groups is 1. The number of aromatic nitrogens is 4. The van der Waals surface area contributed by atoms with Gasteiger partial charge in [-0.2, -0.15) is 13.2 Å². The molecule has 9 heteroatoms. The maximum Gasteiger partial charge on any atom is 0.416 e. The maximum atomic E-state index is 12.9. The summed E-state index contributed by atoms with van der Waals surface area (Å²) in [7, 11) is 0. The molecule has 3 aromatic heterocycles. The molecular formula is C19H12ClF3N4O. The van der Waals surface area contributed by atoms with Gasteiger partial charge in [-0.05, 0) is 42.0 Å². The molecule has 0 radical (unpaired) electrons. The van der Waals surface area contributed by atoms with Gasteiger partial charge < -0.3 is 10.1 Å². The lowest BCUT2D eigenvalue weighted by molar-refractivity contribution is -0.137. The van der Waals surface area contributed by atoms with Gasteiger partial charge in [-0.3, -0.25) is 9.97 Å². The zero-order chi connectivity index (χ0) is 19.9. The van der Waals surface area contributed by atoms with Gasteiger partial charge in [-0.25, -0.2) is 4.98 Å². The minimum Gasteiger partial charge on any atom is -0.392 e. The van der Waals surface area contributed by atoms with Crippen LogP contribution in [-0.4, -0.2) is 25.0 Å². The Morgan fingerprint density at radius 1 is 1.04 bits per heavy atom. The first-order valence-electron chi connectivity index (χ1n) is 8.14. The molecule has 0 aliphatic rings. The second-order valence-electron chi connectivity index (χ2n) is 6.08. The number of alkyl halides is 3. The van der Waals surface area contributed by atoms with Gasteiger partial charge >= 0.3 is 6.18 Å². The number of imidazole rings is 1. The number of pyridine rings is 2. The SMILES string of the molecule is OCc1cnc(-c2ccc(-c3nc4ccc(C(F)(F)F)cc4[nH]3)nc2)c(Cl)c1. The van der Waals surface area contributed by atoms with Crippen molar-refractivity contribution in [1.29, 1.82) is 0 Å². The van der Waals surface area contributed by atoms with E-state index in [1.54, 1.807) is 24.4 Å². The molecule has 2 N–H and O–H groups in total. The van der Waals surface area contributed by atoms with Crippen LogP contribution < -0.4 is 0 Å². The van der Waals surface area contributed by atoms with Crippen molar-refractivity contribution in [2.24, 2.45) is 0 Å². The highest BCUT2D eigenvalue weighted by atomic mass is 35.5. The van der Waals surface area contributed by atoms with E-state index in [9.17, 15) is 13.2 Å². The van der Waals surface area contributed by atoms with Gasteiger partial charge in [0.05, 0.1) is 33.9 Å². The van der Waals surface area contributed by atoms with E-state index < -0.39 is 11.7 Å². The van der Waals surface area contributed by atoms with Gasteiger partial charge in [-0.15, -0.1) is 0 Å². The third-order valence-corrected chi connectivity index (χ3v) is 4.46. The topological polar surface area (TPSA) is 74.7 Å². The third-order valence-electron chi connectivity index (χ3n) is 4.17. The van der Waals surface area contributed by atoms with Crippen molar-refractivity contribution in [1.82, 2.24) is 19.9 Å². The average molecular weight is 405 g/mol. The van der Waals surface area contributed by atoms with Crippen LogP contribution in [0.5, 0.6) is 0 Å². The Hall–Kier alpha value is -2.97. The maximum absolute atomic E-state index is 12.9. The molecule has 0 bridgehead atoms. The van der Waals surface area contributed by atoms with Crippen LogP contribution in [0, 0.1) is 0 Å². The van der Waals surface area contributed by atoms with Crippen LogP contribution in [0.25, 0.3) is 33.8 Å². The molecule has 0 saturated carbocycles. The molecule has 0 saturated heterocycles. The van der Waals surface area contributed by atoms with E-state index in [0.29, 0.717) is 38.9 Å². The Morgan fingerprint density at radius 3 is 2.50 bits per heavy atom. The normalized spacial score (nSPS) is 11.9. The lowest BCUT2D eigenvalue weighted by Gasteiger charge is -2.05. The molecule has 5 nitrogen and oxygen atoms in total. The molecule has 0 aliphatic heterocycles. The first-order chi connectivity index (χ1) is 13.3. The first kappa shape index (κ1) is 18.4. The van der Waals surface area contributed by atoms with Crippen molar-refractivity contribution in [2.45, 2.75) is 12.8 Å². The number of nitrogens with one attached hydrogen (secondary N) is 1. The molecule has 0 aliphatic carbocycles. The summed E-state index contributed by atoms with van der Waals surface area (Å²) in [6, 6.07) is 8.37. The third kappa shape index (κ3) is 3.44. The average Bonchev–Trinajstić information content (AvgIpc) is 3.10. The molecule has 28 heavy (non-hydrogen) atoms. The summed E-state index contributed by atoms with van der Waals surface area (Å²) in [6.45, 7) is -0.160. The zero-order valence-electron chi connectivity index (χ0n) is 14.1. The van der Waals surface area contributed by atoms with Crippen molar-refractivity contribution < 1.29 is 18.3 Å². The Morgan fingerprint density at radius 2 is 1.86 bits per heavy atom. The van der Waals surface area contributed by atoms with E-state index in [4.69, 9.17) is 16.7 Å². The number of fused-ring (bicyclic) bond motifs is 1. The molecular weight excluding hydrogens is 393 g/mol. The lowest BCUT2D eigenvalue weighted by Crippen LogP contribution is -2.04. The van der Waals surface area contributed by atoms with Crippen molar-refractivity contribution in [2.75, 3.05) is 0 Å². The Labute approximate surface area is 161 Å². The number of rotatable bonds is 3. The minimum atomic E-state index is -4.42. The number of hydrogen-bond acceptors (Lipinski definition) is 4. The van der Waals surface area contributed by atoms with Gasteiger partial charge in [0, 0.05) is 18.0 Å². The van der Waals surface area contributed by atoms with Gasteiger partial charge in [0.25, 0.3) is 0 Å². The number of H-pyrrole nitrogens is 1. The standard InChI is InChI=1S/C19H12ClF3N4O/c20-13-5-10(9-28)7-25-17(13)11-1-3-15(24-8-11)18-26-14-4-2-12(19(21,22)23)6-16(14)27-18/h1-8,28H,9H2,(H,26,27). The smallest absolute Gasteiger partial charge is 0.392 e. The summed E-state index contributed by atoms with van der Waals surface area (Å²) in [4.78, 5) is 15.7. The molecule has 0 unspecified atom stereocenters. The fourth-order valence-corrected chi connectivity index (χ4v) is 3.06. The van der Waals surface area contributed by atoms with E-state index in [2.05, 4.69) is 19.9 Å². The molecule has 4 aromatic rings. The van der Waals surface area contributed by atoms with E-state index in [1.807, 2.05) is 0 Å². The highest BCUT2D eigenvalue weighted by Crippen LogP contribution is 2.32. The van der Waals surface area contributed by atoms with Crippen LogP contribution >= 0.6 is 11.6 Å². The number of aromatic amines is 1. The number of halogens is 4. The van der Waals surface area contributed by atoms with Crippen LogP contribution in [0.4, 0.5) is 13.2 Å². The Kier molecular flexibility index (Phi) is 4.52. The van der Waals surface area contributed by atoms with Crippen LogP contribution in [0.2, 0.25) is 5.02 Å². The van der Waals surface area contributed by atoms with E-state index >= 15 is 0 Å². The quantitative estimate of drug-likeness (QED) is 0.512. The summed E-state index contributed by atoms with van der Waals surface area (Å²) in [5, 5.41) is 9.50. The molecule has 142 valence electrons. The Bertz CT molecular complexity index is 1160. The van der Waals surface area contributed by atoms with Crippen LogP contribution in [0.1, 0.15) is 11.1 Å². The second kappa shape index (κ2) is 6.88. The molecule has 4 rings (SSSR count). The predicted molar refractivity (Wildman–Crippen MR) is 98.5 cm³/mol. The van der Waals surface area contributed by atoms with Gasteiger partial charge in [0.15, 0.2) is 5.82 Å². The summed E-state index contributed by atoms with van der Waals surface area (Å²) in [5.74, 6) is 0.357. The minimum absolute atomic E-state index is 0.160. The summed E-state index contributed by atoms with van der Waals surface area (Å²) >= 11 is 6.19. The summed E-state index contributed by atoms with van der Waals surface area (Å²) in [6.07, 6.45) is -1.35. The lowest BCUT2D eigenvalue weighted by atomic mass is 10.1. The predicted octanol–water partition coefficient (Wildman–Crippen LogP) is 4.85. The summed E-state index contributed by atoms with van der Waals surface area (Å²) < 4.78 is 38.6. The molecule has 0 atom stereocenters. The highest BCUT2D eigenvalue weighted by Gasteiger charge is 2.30. The highest BCUT2D eigenvalue weighted by molar-refractivity contribution is 6.33. The number of benzene rings is 1. The van der Waals surface area contributed by atoms with Crippen LogP contribution in [-0.2, 0) is 12.8 Å². The van der Waals surface area contributed by atoms with E-state index in [1.165, 1.54) is 12.3 Å². The van der Waals surface area contributed by atoms with Crippen LogP contribution in [0.15, 0.2) is 48.8 Å². The number of aliphatic hydroxyl groups excluding tert-OH is 1. The monoisotopic (exact) mass is 404 g/mol. The van der Waals surface area contributed by atoms with E-state index in [-0.39, 0.29) is 12.1 Å². The van der Waals surface area contributed by atoms with Crippen molar-refractivity contribution in [3.05, 3.63) is 64.9 Å². The zero-order valence-corrected chi connectivity index (χ0v) is 14.9. The number of hydrogen-bond donors (Lipinski definition) is 2. The molecule has 0 spiro atoms. The van der Waals surface area contributed by atoms with Gasteiger partial charge in [0.2, 0.25) is 0 Å². The van der Waals surface area contributed by atoms with Crippen molar-refractivity contribution in [3.63, 3.8) is 0 Å². The largest absolute Gasteiger partial charge is 0.416 e. The van der Waals surface area contributed by atoms with Gasteiger partial charge in [-0.1, -0.05) is 11.6 Å². The second-order valence-corrected chi connectivity index (χ2v) is 6.49. The Balaban J connectivity index is 1.67. The number of nitrogens with zero attached hydrogens (tertiary/aromatic N) is 3. The summed E-state index contributed by atoms with van der Waals surface area (Å²) in [5.41, 5.74) is 2.19. The van der Waals surface area contributed by atoms with Crippen molar-refractivity contribution in [3.8, 4) is 22.8 Å². The van der Waals surface area contributed by atoms with Crippen molar-refractivity contribution >= 4 is 22.6 Å². The fourth-order valence-electron chi connectivity index (χ4n) is 2.76. The fraction of sp³-hybridized carbons (Fsp3) is 0.105. The molecule has 0 fully saturated rings. The molecule has 0 amide bonds. The first-order valence-corrected chi connectivity index (χ1v) is 8.52. The molecule has 1 aromatic carbocycles.